The van der Waals surface area contributed by atoms with Gasteiger partial charge < -0.3 is 10.6 Å². The lowest BCUT2D eigenvalue weighted by molar-refractivity contribution is 0.616. The molecule has 1 aliphatic heterocycles. The van der Waals surface area contributed by atoms with Gasteiger partial charge in [0.05, 0.1) is 0 Å². The molecule has 0 radical (unpaired) electrons. The summed E-state index contributed by atoms with van der Waals surface area (Å²) >= 11 is 0. The zero-order valence-corrected chi connectivity index (χ0v) is 14.8. The number of guanidine groups is 1. The van der Waals surface area contributed by atoms with E-state index in [-0.39, 0.29) is 17.6 Å². The van der Waals surface area contributed by atoms with Gasteiger partial charge in [0.2, 0.25) is 0 Å². The van der Waals surface area contributed by atoms with Crippen molar-refractivity contribution in [3.05, 3.63) is 71.3 Å². The van der Waals surface area contributed by atoms with E-state index in [1.807, 2.05) is 0 Å². The van der Waals surface area contributed by atoms with E-state index in [0.717, 1.165) is 56.0 Å². The van der Waals surface area contributed by atoms with Gasteiger partial charge in [-0.3, -0.25) is 4.99 Å². The first-order valence-corrected chi connectivity index (χ1v) is 9.25. The molecule has 0 aliphatic carbocycles. The molecule has 0 bridgehead atoms. The Balaban J connectivity index is 1.69. The van der Waals surface area contributed by atoms with Crippen LogP contribution in [-0.2, 0) is 0 Å². The van der Waals surface area contributed by atoms with Crippen LogP contribution < -0.4 is 10.6 Å². The molecular formula is C21H25F2N3. The number of nitrogens with one attached hydrogen (secondary N) is 2. The molecule has 26 heavy (non-hydrogen) atoms. The van der Waals surface area contributed by atoms with Crippen molar-refractivity contribution in [2.45, 2.75) is 31.6 Å². The van der Waals surface area contributed by atoms with Crippen LogP contribution in [0.25, 0.3) is 0 Å². The van der Waals surface area contributed by atoms with Gasteiger partial charge in [-0.05, 0) is 61.1 Å². The van der Waals surface area contributed by atoms with Crippen molar-refractivity contribution in [1.29, 1.82) is 0 Å². The maximum atomic E-state index is 13.3. The SMILES string of the molecule is Fc1ccc(C(CCNC2=NCCCCCN2)c2ccc(F)cc2)cc1. The van der Waals surface area contributed by atoms with Gasteiger partial charge in [-0.2, -0.15) is 0 Å². The molecule has 0 fully saturated rings. The largest absolute Gasteiger partial charge is 0.356 e. The van der Waals surface area contributed by atoms with Gasteiger partial charge >= 0.3 is 0 Å². The normalized spacial score (nSPS) is 15.0. The third-order valence-corrected chi connectivity index (χ3v) is 4.67. The standard InChI is InChI=1S/C21H25F2N3/c22-18-8-4-16(5-9-18)20(17-6-10-19(23)11-7-17)12-15-26-21-24-13-2-1-3-14-25-21/h4-11,20H,1-3,12-15H2,(H2,24,25,26). The highest BCUT2D eigenvalue weighted by Gasteiger charge is 2.15. The van der Waals surface area contributed by atoms with Crippen molar-refractivity contribution in [3.8, 4) is 0 Å². The molecule has 2 aromatic carbocycles. The van der Waals surface area contributed by atoms with Crippen LogP contribution in [0.1, 0.15) is 42.7 Å². The summed E-state index contributed by atoms with van der Waals surface area (Å²) < 4.78 is 26.6. The number of rotatable bonds is 5. The maximum absolute atomic E-state index is 13.3. The minimum atomic E-state index is -0.252. The van der Waals surface area contributed by atoms with E-state index in [9.17, 15) is 8.78 Å². The van der Waals surface area contributed by atoms with E-state index in [1.54, 1.807) is 24.3 Å². The second kappa shape index (κ2) is 9.32. The van der Waals surface area contributed by atoms with Gasteiger partial charge in [0, 0.05) is 25.6 Å². The first kappa shape index (κ1) is 18.4. The van der Waals surface area contributed by atoms with Crippen molar-refractivity contribution in [2.75, 3.05) is 19.6 Å². The number of nitrogens with zero attached hydrogens (tertiary/aromatic N) is 1. The van der Waals surface area contributed by atoms with E-state index in [4.69, 9.17) is 0 Å². The Morgan fingerprint density at radius 2 is 1.50 bits per heavy atom. The summed E-state index contributed by atoms with van der Waals surface area (Å²) in [6, 6.07) is 13.1. The quantitative estimate of drug-likeness (QED) is 0.841. The van der Waals surface area contributed by atoms with Crippen LogP contribution in [0.3, 0.4) is 0 Å². The van der Waals surface area contributed by atoms with Gasteiger partial charge in [-0.25, -0.2) is 8.78 Å². The Morgan fingerprint density at radius 1 is 0.885 bits per heavy atom. The zero-order valence-electron chi connectivity index (χ0n) is 14.8. The predicted octanol–water partition coefficient (Wildman–Crippen LogP) is 4.21. The average Bonchev–Trinajstić information content (AvgIpc) is 2.62. The van der Waals surface area contributed by atoms with Crippen LogP contribution >= 0.6 is 0 Å². The Morgan fingerprint density at radius 3 is 2.12 bits per heavy atom. The molecule has 0 unspecified atom stereocenters. The smallest absolute Gasteiger partial charge is 0.191 e. The van der Waals surface area contributed by atoms with Crippen LogP contribution in [0.5, 0.6) is 0 Å². The predicted molar refractivity (Wildman–Crippen MR) is 101 cm³/mol. The van der Waals surface area contributed by atoms with Crippen molar-refractivity contribution in [1.82, 2.24) is 10.6 Å². The maximum Gasteiger partial charge on any atom is 0.191 e. The number of benzene rings is 2. The lowest BCUT2D eigenvalue weighted by Gasteiger charge is -2.20. The molecule has 0 atom stereocenters. The number of hydrogen-bond acceptors (Lipinski definition) is 3. The van der Waals surface area contributed by atoms with Crippen molar-refractivity contribution >= 4 is 5.96 Å². The summed E-state index contributed by atoms with van der Waals surface area (Å²) in [5, 5.41) is 6.70. The lowest BCUT2D eigenvalue weighted by atomic mass is 9.88. The van der Waals surface area contributed by atoms with Crippen molar-refractivity contribution in [3.63, 3.8) is 0 Å². The molecule has 2 N–H and O–H groups in total. The molecule has 0 saturated carbocycles. The number of hydrogen-bond donors (Lipinski definition) is 2. The Hall–Kier alpha value is -2.43. The Kier molecular flexibility index (Phi) is 6.58. The molecule has 0 aromatic heterocycles. The molecule has 0 saturated heterocycles. The number of halogens is 2. The van der Waals surface area contributed by atoms with Gasteiger partial charge in [-0.1, -0.05) is 24.3 Å². The lowest BCUT2D eigenvalue weighted by Crippen LogP contribution is -2.39. The molecule has 5 heteroatoms. The second-order valence-corrected chi connectivity index (χ2v) is 6.59. The van der Waals surface area contributed by atoms with Gasteiger partial charge in [0.1, 0.15) is 11.6 Å². The fourth-order valence-corrected chi connectivity index (χ4v) is 3.24. The summed E-state index contributed by atoms with van der Waals surface area (Å²) in [5.74, 6) is 0.412. The minimum absolute atomic E-state index is 0.0675. The van der Waals surface area contributed by atoms with Gasteiger partial charge in [-0.15, -0.1) is 0 Å². The summed E-state index contributed by atoms with van der Waals surface area (Å²) in [6.45, 7) is 2.51. The van der Waals surface area contributed by atoms with E-state index < -0.39 is 0 Å². The molecule has 138 valence electrons. The Bertz CT molecular complexity index is 666. The van der Waals surface area contributed by atoms with Gasteiger partial charge in [0.15, 0.2) is 5.96 Å². The molecule has 0 amide bonds. The fraction of sp³-hybridized carbons (Fsp3) is 0.381. The van der Waals surface area contributed by atoms with Crippen LogP contribution in [-0.4, -0.2) is 25.6 Å². The van der Waals surface area contributed by atoms with E-state index >= 15 is 0 Å². The third kappa shape index (κ3) is 5.28. The molecule has 0 spiro atoms. The minimum Gasteiger partial charge on any atom is -0.356 e. The Labute approximate surface area is 153 Å². The van der Waals surface area contributed by atoms with Crippen molar-refractivity contribution in [2.24, 2.45) is 4.99 Å². The summed E-state index contributed by atoms with van der Waals surface area (Å²) in [6.07, 6.45) is 4.30. The highest BCUT2D eigenvalue weighted by molar-refractivity contribution is 5.79. The number of aliphatic imine (C=N–C) groups is 1. The molecule has 1 aliphatic rings. The average molecular weight is 357 g/mol. The molecule has 3 nitrogen and oxygen atoms in total. The first-order chi connectivity index (χ1) is 12.7. The van der Waals surface area contributed by atoms with Gasteiger partial charge in [0.25, 0.3) is 0 Å². The third-order valence-electron chi connectivity index (χ3n) is 4.67. The van der Waals surface area contributed by atoms with E-state index in [1.165, 1.54) is 30.7 Å². The van der Waals surface area contributed by atoms with E-state index in [2.05, 4.69) is 15.6 Å². The molecule has 3 rings (SSSR count). The van der Waals surface area contributed by atoms with Crippen molar-refractivity contribution < 1.29 is 8.78 Å². The zero-order chi connectivity index (χ0) is 18.2. The van der Waals surface area contributed by atoms with Crippen LogP contribution in [0, 0.1) is 11.6 Å². The topological polar surface area (TPSA) is 36.4 Å². The summed E-state index contributed by atoms with van der Waals surface area (Å²) in [5.41, 5.74) is 2.04. The second-order valence-electron chi connectivity index (χ2n) is 6.59. The highest BCUT2D eigenvalue weighted by atomic mass is 19.1. The summed E-state index contributed by atoms with van der Waals surface area (Å²) in [7, 11) is 0. The van der Waals surface area contributed by atoms with Crippen LogP contribution in [0.2, 0.25) is 0 Å². The molecule has 1 heterocycles. The fourth-order valence-electron chi connectivity index (χ4n) is 3.24. The molecular weight excluding hydrogens is 332 g/mol. The monoisotopic (exact) mass is 357 g/mol. The van der Waals surface area contributed by atoms with E-state index in [0.29, 0.717) is 0 Å². The first-order valence-electron chi connectivity index (χ1n) is 9.25. The van der Waals surface area contributed by atoms with Crippen LogP contribution in [0.4, 0.5) is 8.78 Å². The highest BCUT2D eigenvalue weighted by Crippen LogP contribution is 2.28. The van der Waals surface area contributed by atoms with Crippen LogP contribution in [0.15, 0.2) is 53.5 Å². The molecule has 2 aromatic rings. The summed E-state index contributed by atoms with van der Waals surface area (Å²) in [4.78, 5) is 4.54.